The van der Waals surface area contributed by atoms with Gasteiger partial charge in [-0.15, -0.1) is 0 Å². The minimum atomic E-state index is -4.10. The Balaban J connectivity index is 1.91. The third-order valence-electron chi connectivity index (χ3n) is 5.31. The van der Waals surface area contributed by atoms with E-state index in [2.05, 4.69) is 5.32 Å². The van der Waals surface area contributed by atoms with Crippen LogP contribution in [0.5, 0.6) is 17.2 Å². The van der Waals surface area contributed by atoms with Crippen molar-refractivity contribution in [3.8, 4) is 17.2 Å². The lowest BCUT2D eigenvalue weighted by molar-refractivity contribution is -0.120. The Morgan fingerprint density at radius 2 is 1.60 bits per heavy atom. The van der Waals surface area contributed by atoms with Gasteiger partial charge in [0.25, 0.3) is 10.0 Å². The summed E-state index contributed by atoms with van der Waals surface area (Å²) >= 11 is 6.12. The smallest absolute Gasteiger partial charge is 0.264 e. The zero-order chi connectivity index (χ0) is 25.6. The molecule has 0 fully saturated rings. The average molecular weight is 519 g/mol. The third kappa shape index (κ3) is 6.17. The summed E-state index contributed by atoms with van der Waals surface area (Å²) < 4.78 is 43.9. The van der Waals surface area contributed by atoms with E-state index in [1.807, 2.05) is 0 Å². The van der Waals surface area contributed by atoms with Crippen LogP contribution < -0.4 is 23.8 Å². The summed E-state index contributed by atoms with van der Waals surface area (Å²) in [4.78, 5) is 13.1. The highest BCUT2D eigenvalue weighted by Gasteiger charge is 2.28. The second-order valence-electron chi connectivity index (χ2n) is 7.56. The second-order valence-corrected chi connectivity index (χ2v) is 9.86. The van der Waals surface area contributed by atoms with E-state index in [0.717, 1.165) is 4.31 Å². The van der Waals surface area contributed by atoms with Crippen molar-refractivity contribution in [2.75, 3.05) is 32.2 Å². The predicted molar refractivity (Wildman–Crippen MR) is 135 cm³/mol. The summed E-state index contributed by atoms with van der Waals surface area (Å²) in [6.07, 6.45) is 0. The number of anilines is 1. The van der Waals surface area contributed by atoms with E-state index in [1.165, 1.54) is 32.4 Å². The van der Waals surface area contributed by atoms with Crippen LogP contribution in [0.4, 0.5) is 5.69 Å². The molecule has 0 unspecified atom stereocenters. The summed E-state index contributed by atoms with van der Waals surface area (Å²) in [7, 11) is 0.463. The Morgan fingerprint density at radius 3 is 2.20 bits per heavy atom. The Kier molecular flexibility index (Phi) is 8.48. The molecular weight excluding hydrogens is 492 g/mol. The van der Waals surface area contributed by atoms with Crippen LogP contribution in [0.25, 0.3) is 0 Å². The monoisotopic (exact) mass is 518 g/mol. The minimum Gasteiger partial charge on any atom is -0.497 e. The van der Waals surface area contributed by atoms with Gasteiger partial charge in [-0.1, -0.05) is 17.7 Å². The summed E-state index contributed by atoms with van der Waals surface area (Å²) in [5.74, 6) is 1.16. The van der Waals surface area contributed by atoms with Crippen molar-refractivity contribution in [3.63, 3.8) is 0 Å². The number of sulfonamides is 1. The first-order valence-electron chi connectivity index (χ1n) is 10.6. The summed E-state index contributed by atoms with van der Waals surface area (Å²) in [5, 5.41) is 3.19. The number of methoxy groups -OCH3 is 3. The van der Waals surface area contributed by atoms with E-state index in [1.54, 1.807) is 62.6 Å². The van der Waals surface area contributed by atoms with E-state index in [9.17, 15) is 13.2 Å². The van der Waals surface area contributed by atoms with Gasteiger partial charge in [0.15, 0.2) is 0 Å². The largest absolute Gasteiger partial charge is 0.497 e. The fourth-order valence-electron chi connectivity index (χ4n) is 3.49. The molecule has 0 bridgehead atoms. The van der Waals surface area contributed by atoms with Crippen molar-refractivity contribution in [1.82, 2.24) is 5.32 Å². The average Bonchev–Trinajstić information content (AvgIpc) is 2.86. The molecule has 3 aromatic carbocycles. The van der Waals surface area contributed by atoms with Crippen LogP contribution in [-0.4, -0.2) is 42.2 Å². The first kappa shape index (κ1) is 26.2. The molecule has 0 aliphatic rings. The fourth-order valence-corrected chi connectivity index (χ4v) is 5.09. The van der Waals surface area contributed by atoms with Gasteiger partial charge in [0.05, 0.1) is 38.0 Å². The van der Waals surface area contributed by atoms with Gasteiger partial charge in [0.2, 0.25) is 5.91 Å². The normalized spacial score (nSPS) is 11.9. The number of amides is 1. The van der Waals surface area contributed by atoms with Gasteiger partial charge in [-0.2, -0.15) is 0 Å². The van der Waals surface area contributed by atoms with Crippen LogP contribution in [-0.2, 0) is 14.8 Å². The topological polar surface area (TPSA) is 94.2 Å². The standard InChI is InChI=1S/C25H27ClN2O6S/c1-17(23-15-21(33-3)10-13-24(23)34-4)27-25(29)16-28(19-7-5-6-18(26)14-19)35(30,31)22-11-8-20(32-2)9-12-22/h5-15,17H,16H2,1-4H3,(H,27,29)/t17-/m1/s1. The molecule has 0 aliphatic carbocycles. The number of hydrogen-bond donors (Lipinski definition) is 1. The molecule has 186 valence electrons. The first-order chi connectivity index (χ1) is 16.7. The molecule has 8 nitrogen and oxygen atoms in total. The molecule has 0 aromatic heterocycles. The van der Waals surface area contributed by atoms with Crippen LogP contribution in [0, 0.1) is 0 Å². The van der Waals surface area contributed by atoms with Gasteiger partial charge in [-0.05, 0) is 67.6 Å². The Bertz CT molecular complexity index is 1280. The second kappa shape index (κ2) is 11.3. The minimum absolute atomic E-state index is 0.00795. The van der Waals surface area contributed by atoms with E-state index >= 15 is 0 Å². The van der Waals surface area contributed by atoms with Gasteiger partial charge >= 0.3 is 0 Å². The zero-order valence-corrected chi connectivity index (χ0v) is 21.4. The number of hydrogen-bond acceptors (Lipinski definition) is 6. The van der Waals surface area contributed by atoms with E-state index in [4.69, 9.17) is 25.8 Å². The van der Waals surface area contributed by atoms with Crippen molar-refractivity contribution in [1.29, 1.82) is 0 Å². The number of nitrogens with zero attached hydrogens (tertiary/aromatic N) is 1. The molecule has 10 heteroatoms. The van der Waals surface area contributed by atoms with Crippen LogP contribution in [0.3, 0.4) is 0 Å². The van der Waals surface area contributed by atoms with Gasteiger partial charge in [0.1, 0.15) is 23.8 Å². The molecule has 1 N–H and O–H groups in total. The van der Waals surface area contributed by atoms with Crippen molar-refractivity contribution in [3.05, 3.63) is 77.3 Å². The zero-order valence-electron chi connectivity index (χ0n) is 19.8. The van der Waals surface area contributed by atoms with E-state index < -0.39 is 28.5 Å². The highest BCUT2D eigenvalue weighted by Crippen LogP contribution is 2.30. The summed E-state index contributed by atoms with van der Waals surface area (Å²) in [6.45, 7) is 1.31. The number of carbonyl (C=O) groups excluding carboxylic acids is 1. The third-order valence-corrected chi connectivity index (χ3v) is 7.33. The number of halogens is 1. The lowest BCUT2D eigenvalue weighted by Crippen LogP contribution is -2.41. The first-order valence-corrected chi connectivity index (χ1v) is 12.4. The van der Waals surface area contributed by atoms with Crippen LogP contribution in [0.15, 0.2) is 71.6 Å². The molecule has 0 aliphatic heterocycles. The number of rotatable bonds is 10. The maximum absolute atomic E-state index is 13.5. The van der Waals surface area contributed by atoms with Crippen molar-refractivity contribution in [2.45, 2.75) is 17.9 Å². The molecule has 1 atom stereocenters. The van der Waals surface area contributed by atoms with Crippen molar-refractivity contribution < 1.29 is 27.4 Å². The fraction of sp³-hybridized carbons (Fsp3) is 0.240. The maximum Gasteiger partial charge on any atom is 0.264 e. The van der Waals surface area contributed by atoms with Crippen LogP contribution in [0.2, 0.25) is 5.02 Å². The molecule has 3 aromatic rings. The number of benzene rings is 3. The van der Waals surface area contributed by atoms with E-state index in [-0.39, 0.29) is 10.6 Å². The lowest BCUT2D eigenvalue weighted by atomic mass is 10.1. The molecule has 0 radical (unpaired) electrons. The molecule has 0 saturated carbocycles. The molecule has 0 saturated heterocycles. The molecular formula is C25H27ClN2O6S. The molecule has 35 heavy (non-hydrogen) atoms. The van der Waals surface area contributed by atoms with Gasteiger partial charge in [0, 0.05) is 10.6 Å². The van der Waals surface area contributed by atoms with Gasteiger partial charge in [-0.25, -0.2) is 8.42 Å². The molecule has 1 amide bonds. The van der Waals surface area contributed by atoms with Crippen molar-refractivity contribution in [2.24, 2.45) is 0 Å². The lowest BCUT2D eigenvalue weighted by Gasteiger charge is -2.25. The quantitative estimate of drug-likeness (QED) is 0.426. The Labute approximate surface area is 210 Å². The van der Waals surface area contributed by atoms with E-state index in [0.29, 0.717) is 27.8 Å². The van der Waals surface area contributed by atoms with Crippen LogP contribution >= 0.6 is 11.6 Å². The maximum atomic E-state index is 13.5. The Hall–Kier alpha value is -3.43. The number of ether oxygens (including phenoxy) is 3. The highest BCUT2D eigenvalue weighted by molar-refractivity contribution is 7.92. The molecule has 0 spiro atoms. The SMILES string of the molecule is COc1ccc(S(=O)(=O)N(CC(=O)N[C@H](C)c2cc(OC)ccc2OC)c2cccc(Cl)c2)cc1. The predicted octanol–water partition coefficient (Wildman–Crippen LogP) is 4.44. The molecule has 0 heterocycles. The summed E-state index contributed by atoms with van der Waals surface area (Å²) in [5.41, 5.74) is 0.947. The van der Waals surface area contributed by atoms with Crippen LogP contribution in [0.1, 0.15) is 18.5 Å². The number of nitrogens with one attached hydrogen (secondary N) is 1. The van der Waals surface area contributed by atoms with Gasteiger partial charge in [-0.3, -0.25) is 9.10 Å². The Morgan fingerprint density at radius 1 is 0.943 bits per heavy atom. The number of carbonyl (C=O) groups is 1. The summed E-state index contributed by atoms with van der Waals surface area (Å²) in [6, 6.07) is 17.0. The molecule has 3 rings (SSSR count). The highest BCUT2D eigenvalue weighted by atomic mass is 35.5. The van der Waals surface area contributed by atoms with Crippen molar-refractivity contribution >= 4 is 33.2 Å². The van der Waals surface area contributed by atoms with Gasteiger partial charge < -0.3 is 19.5 Å².